The van der Waals surface area contributed by atoms with Gasteiger partial charge < -0.3 is 14.2 Å². The van der Waals surface area contributed by atoms with E-state index in [2.05, 4.69) is 0 Å². The highest BCUT2D eigenvalue weighted by Gasteiger charge is 2.55. The van der Waals surface area contributed by atoms with Crippen molar-refractivity contribution in [2.24, 2.45) is 11.8 Å². The standard InChI is InChI=1S/C23H25ClF2O3/c1-27-12-16-17-13-29-22-19(26)8-7-18(25)21(22)23(17,10-9-20(16)28-2)11-14-3-5-15(24)6-4-14/h3-8,16-17,20H,9-13H2,1-2H3/t16-,17-,20+,23-/m0/s1. The molecule has 4 atom stereocenters. The van der Waals surface area contributed by atoms with Crippen molar-refractivity contribution >= 4 is 11.6 Å². The number of rotatable bonds is 5. The maximum absolute atomic E-state index is 15.2. The topological polar surface area (TPSA) is 27.7 Å². The summed E-state index contributed by atoms with van der Waals surface area (Å²) in [6.07, 6.45) is 1.97. The molecule has 2 aromatic rings. The third kappa shape index (κ3) is 3.54. The van der Waals surface area contributed by atoms with Crippen molar-refractivity contribution in [3.05, 3.63) is 64.2 Å². The molecule has 0 amide bonds. The monoisotopic (exact) mass is 422 g/mol. The van der Waals surface area contributed by atoms with E-state index >= 15 is 4.39 Å². The fraction of sp³-hybridized carbons (Fsp3) is 0.478. The van der Waals surface area contributed by atoms with E-state index in [1.807, 2.05) is 24.3 Å². The lowest BCUT2D eigenvalue weighted by atomic mass is 9.55. The lowest BCUT2D eigenvalue weighted by Crippen LogP contribution is -2.56. The SMILES string of the molecule is COC[C@@H]1[C@H](OC)CC[C@@]2(Cc3ccc(Cl)cc3)c3c(F)ccc(F)c3OC[C@@H]12. The van der Waals surface area contributed by atoms with Crippen LogP contribution in [0, 0.1) is 23.5 Å². The molecule has 0 spiro atoms. The Bertz CT molecular complexity index is 873. The average molecular weight is 423 g/mol. The fourth-order valence-corrected chi connectivity index (χ4v) is 5.48. The molecule has 1 fully saturated rings. The van der Waals surface area contributed by atoms with Crippen LogP contribution in [0.25, 0.3) is 0 Å². The molecule has 1 aliphatic carbocycles. The normalized spacial score (nSPS) is 28.4. The van der Waals surface area contributed by atoms with Gasteiger partial charge in [-0.3, -0.25) is 0 Å². The van der Waals surface area contributed by atoms with Crippen LogP contribution in [0.4, 0.5) is 8.78 Å². The smallest absolute Gasteiger partial charge is 0.165 e. The Balaban J connectivity index is 1.87. The zero-order chi connectivity index (χ0) is 20.6. The van der Waals surface area contributed by atoms with Gasteiger partial charge in [-0.1, -0.05) is 23.7 Å². The fourth-order valence-electron chi connectivity index (χ4n) is 5.36. The molecule has 0 saturated heterocycles. The maximum Gasteiger partial charge on any atom is 0.165 e. The minimum Gasteiger partial charge on any atom is -0.490 e. The molecule has 156 valence electrons. The first-order chi connectivity index (χ1) is 14.0. The minimum absolute atomic E-state index is 0.0138. The van der Waals surface area contributed by atoms with Crippen LogP contribution in [0.2, 0.25) is 5.02 Å². The molecule has 0 radical (unpaired) electrons. The van der Waals surface area contributed by atoms with Crippen molar-refractivity contribution in [3.63, 3.8) is 0 Å². The molecule has 3 nitrogen and oxygen atoms in total. The molecular formula is C23H25ClF2O3. The first kappa shape index (κ1) is 20.6. The summed E-state index contributed by atoms with van der Waals surface area (Å²) in [4.78, 5) is 0. The van der Waals surface area contributed by atoms with Crippen LogP contribution in [0.15, 0.2) is 36.4 Å². The van der Waals surface area contributed by atoms with E-state index in [-0.39, 0.29) is 23.7 Å². The Morgan fingerprint density at radius 3 is 2.52 bits per heavy atom. The number of fused-ring (bicyclic) bond motifs is 3. The van der Waals surface area contributed by atoms with Crippen molar-refractivity contribution in [3.8, 4) is 5.75 Å². The molecule has 0 bridgehead atoms. The molecular weight excluding hydrogens is 398 g/mol. The van der Waals surface area contributed by atoms with Gasteiger partial charge in [0.25, 0.3) is 0 Å². The molecule has 1 heterocycles. The maximum atomic E-state index is 15.2. The quantitative estimate of drug-likeness (QED) is 0.664. The van der Waals surface area contributed by atoms with Crippen molar-refractivity contribution < 1.29 is 23.0 Å². The van der Waals surface area contributed by atoms with Crippen LogP contribution in [-0.4, -0.2) is 33.5 Å². The van der Waals surface area contributed by atoms with Gasteiger partial charge in [0.05, 0.1) is 19.3 Å². The van der Waals surface area contributed by atoms with Crippen molar-refractivity contribution in [2.75, 3.05) is 27.4 Å². The Labute approximate surface area is 174 Å². The summed E-state index contributed by atoms with van der Waals surface area (Å²) in [6, 6.07) is 9.91. The summed E-state index contributed by atoms with van der Waals surface area (Å²) in [7, 11) is 3.34. The molecule has 0 aromatic heterocycles. The summed E-state index contributed by atoms with van der Waals surface area (Å²) in [5.74, 6) is -0.954. The van der Waals surface area contributed by atoms with Crippen molar-refractivity contribution in [2.45, 2.75) is 30.8 Å². The molecule has 1 aliphatic heterocycles. The van der Waals surface area contributed by atoms with Gasteiger partial charge in [0.1, 0.15) is 5.82 Å². The Morgan fingerprint density at radius 2 is 1.83 bits per heavy atom. The van der Waals surface area contributed by atoms with Gasteiger partial charge >= 0.3 is 0 Å². The molecule has 2 aromatic carbocycles. The Hall–Kier alpha value is -1.69. The van der Waals surface area contributed by atoms with Gasteiger partial charge in [-0.2, -0.15) is 0 Å². The first-order valence-electron chi connectivity index (χ1n) is 9.87. The molecule has 0 N–H and O–H groups in total. The third-order valence-corrected chi connectivity index (χ3v) is 6.89. The summed E-state index contributed by atoms with van der Waals surface area (Å²) in [5.41, 5.74) is 0.772. The second-order valence-electron chi connectivity index (χ2n) is 8.04. The molecule has 4 rings (SSSR count). The van der Waals surface area contributed by atoms with Crippen LogP contribution in [-0.2, 0) is 21.3 Å². The number of halogens is 3. The Kier molecular flexibility index (Phi) is 5.83. The number of hydrogen-bond donors (Lipinski definition) is 0. The predicted octanol–water partition coefficient (Wildman–Crippen LogP) is 5.18. The van der Waals surface area contributed by atoms with E-state index in [1.165, 1.54) is 6.07 Å². The van der Waals surface area contributed by atoms with Crippen LogP contribution in [0.1, 0.15) is 24.0 Å². The molecule has 1 saturated carbocycles. The van der Waals surface area contributed by atoms with Crippen LogP contribution in [0.5, 0.6) is 5.75 Å². The second kappa shape index (κ2) is 8.21. The molecule has 6 heteroatoms. The number of ether oxygens (including phenoxy) is 3. The predicted molar refractivity (Wildman–Crippen MR) is 108 cm³/mol. The zero-order valence-electron chi connectivity index (χ0n) is 16.6. The first-order valence-corrected chi connectivity index (χ1v) is 10.3. The second-order valence-corrected chi connectivity index (χ2v) is 8.48. The summed E-state index contributed by atoms with van der Waals surface area (Å²) < 4.78 is 46.8. The molecule has 29 heavy (non-hydrogen) atoms. The highest BCUT2D eigenvalue weighted by atomic mass is 35.5. The van der Waals surface area contributed by atoms with Crippen molar-refractivity contribution in [1.29, 1.82) is 0 Å². The van der Waals surface area contributed by atoms with E-state index in [0.717, 1.165) is 18.1 Å². The molecule has 0 unspecified atom stereocenters. The van der Waals surface area contributed by atoms with E-state index in [4.69, 9.17) is 25.8 Å². The zero-order valence-corrected chi connectivity index (χ0v) is 17.3. The van der Waals surface area contributed by atoms with Crippen molar-refractivity contribution in [1.82, 2.24) is 0 Å². The third-order valence-electron chi connectivity index (χ3n) is 6.64. The van der Waals surface area contributed by atoms with E-state index in [0.29, 0.717) is 36.6 Å². The summed E-state index contributed by atoms with van der Waals surface area (Å²) in [5, 5.41) is 0.646. The van der Waals surface area contributed by atoms with Gasteiger partial charge in [0, 0.05) is 42.1 Å². The van der Waals surface area contributed by atoms with E-state index in [1.54, 1.807) is 14.2 Å². The van der Waals surface area contributed by atoms with Crippen LogP contribution >= 0.6 is 11.6 Å². The van der Waals surface area contributed by atoms with Crippen LogP contribution in [0.3, 0.4) is 0 Å². The lowest BCUT2D eigenvalue weighted by molar-refractivity contribution is -0.0880. The van der Waals surface area contributed by atoms with Gasteiger partial charge in [-0.05, 0) is 49.1 Å². The number of methoxy groups -OCH3 is 2. The summed E-state index contributed by atoms with van der Waals surface area (Å²) in [6.45, 7) is 0.774. The molecule has 2 aliphatic rings. The van der Waals surface area contributed by atoms with Gasteiger partial charge in [0.15, 0.2) is 11.6 Å². The van der Waals surface area contributed by atoms with E-state index < -0.39 is 17.0 Å². The lowest BCUT2D eigenvalue weighted by Gasteiger charge is -2.53. The van der Waals surface area contributed by atoms with Gasteiger partial charge in [0.2, 0.25) is 0 Å². The number of benzene rings is 2. The highest BCUT2D eigenvalue weighted by Crippen LogP contribution is 2.55. The van der Waals surface area contributed by atoms with Crippen LogP contribution < -0.4 is 4.74 Å². The van der Waals surface area contributed by atoms with Gasteiger partial charge in [-0.25, -0.2) is 8.78 Å². The average Bonchev–Trinajstić information content (AvgIpc) is 2.72. The Morgan fingerprint density at radius 1 is 1.10 bits per heavy atom. The van der Waals surface area contributed by atoms with Gasteiger partial charge in [-0.15, -0.1) is 0 Å². The highest BCUT2D eigenvalue weighted by molar-refractivity contribution is 6.30. The summed E-state index contributed by atoms with van der Waals surface area (Å²) >= 11 is 6.06. The number of hydrogen-bond acceptors (Lipinski definition) is 3. The largest absolute Gasteiger partial charge is 0.490 e. The minimum atomic E-state index is -0.605. The van der Waals surface area contributed by atoms with E-state index in [9.17, 15) is 4.39 Å².